The van der Waals surface area contributed by atoms with E-state index in [0.717, 1.165) is 44.1 Å². The average molecular weight is 497 g/mol. The zero-order valence-corrected chi connectivity index (χ0v) is 19.5. The Morgan fingerprint density at radius 2 is 2.00 bits per heavy atom. The number of carbonyl (C=O) groups is 1. The second-order valence-corrected chi connectivity index (χ2v) is 10.1. The van der Waals surface area contributed by atoms with E-state index in [9.17, 15) is 17.6 Å². The molecule has 0 bridgehead atoms. The van der Waals surface area contributed by atoms with Crippen molar-refractivity contribution in [2.24, 2.45) is 0 Å². The number of halogens is 2. The Morgan fingerprint density at radius 1 is 1.21 bits per heavy atom. The number of amides is 1. The first-order valence-electron chi connectivity index (χ1n) is 10.8. The van der Waals surface area contributed by atoms with Gasteiger partial charge in [0, 0.05) is 44.9 Å². The normalized spacial score (nSPS) is 18.8. The van der Waals surface area contributed by atoms with Crippen LogP contribution in [0.25, 0.3) is 0 Å². The van der Waals surface area contributed by atoms with Crippen LogP contribution in [-0.2, 0) is 14.8 Å². The fourth-order valence-corrected chi connectivity index (χ4v) is 5.24. The third-order valence-corrected chi connectivity index (χ3v) is 7.33. The lowest BCUT2D eigenvalue weighted by molar-refractivity contribution is 0.0858. The Hall–Kier alpha value is -2.40. The molecule has 2 heterocycles. The molecule has 0 aromatic heterocycles. The van der Waals surface area contributed by atoms with E-state index in [1.807, 2.05) is 4.90 Å². The average Bonchev–Trinajstić information content (AvgIpc) is 3.33. The first-order valence-corrected chi connectivity index (χ1v) is 12.7. The number of hydrogen-bond donors (Lipinski definition) is 3. The number of hydrogen-bond acceptors (Lipinski definition) is 6. The Labute approximate surface area is 197 Å². The topological polar surface area (TPSA) is 99.8 Å². The lowest BCUT2D eigenvalue weighted by Crippen LogP contribution is -2.43. The molecule has 3 N–H and O–H groups in total. The summed E-state index contributed by atoms with van der Waals surface area (Å²) in [5.41, 5.74) is 1.24. The number of nitrogens with one attached hydrogen (secondary N) is 3. The maximum Gasteiger partial charge on any atom is 0.262 e. The summed E-state index contributed by atoms with van der Waals surface area (Å²) in [6, 6.07) is 8.14. The lowest BCUT2D eigenvalue weighted by atomic mass is 10.1. The van der Waals surface area contributed by atoms with Gasteiger partial charge in [0.2, 0.25) is 0 Å². The van der Waals surface area contributed by atoms with Gasteiger partial charge in [-0.1, -0.05) is 11.6 Å². The minimum atomic E-state index is -4.08. The molecule has 4 rings (SSSR count). The van der Waals surface area contributed by atoms with Crippen molar-refractivity contribution in [3.63, 3.8) is 0 Å². The molecule has 0 radical (unpaired) electrons. The van der Waals surface area contributed by atoms with E-state index in [1.54, 1.807) is 12.1 Å². The van der Waals surface area contributed by atoms with Gasteiger partial charge in [0.05, 0.1) is 27.4 Å². The summed E-state index contributed by atoms with van der Waals surface area (Å²) in [7, 11) is -4.08. The van der Waals surface area contributed by atoms with Crippen molar-refractivity contribution in [2.45, 2.75) is 23.8 Å². The number of sulfonamides is 1. The van der Waals surface area contributed by atoms with E-state index in [4.69, 9.17) is 16.3 Å². The minimum Gasteiger partial charge on any atom is -0.376 e. The van der Waals surface area contributed by atoms with Crippen LogP contribution in [0.15, 0.2) is 41.3 Å². The van der Waals surface area contributed by atoms with E-state index in [2.05, 4.69) is 15.4 Å². The van der Waals surface area contributed by atoms with Crippen LogP contribution < -0.4 is 20.3 Å². The molecule has 8 nitrogen and oxygen atoms in total. The second kappa shape index (κ2) is 10.3. The van der Waals surface area contributed by atoms with Crippen LogP contribution in [0.4, 0.5) is 15.8 Å². The summed E-state index contributed by atoms with van der Waals surface area (Å²) in [5, 5.41) is 5.82. The monoisotopic (exact) mass is 496 g/mol. The quantitative estimate of drug-likeness (QED) is 0.545. The number of carbonyl (C=O) groups excluding carboxylic acids is 1. The predicted molar refractivity (Wildman–Crippen MR) is 125 cm³/mol. The fourth-order valence-electron chi connectivity index (χ4n) is 3.90. The summed E-state index contributed by atoms with van der Waals surface area (Å²) >= 11 is 5.79. The van der Waals surface area contributed by atoms with Crippen molar-refractivity contribution in [1.29, 1.82) is 0 Å². The van der Waals surface area contributed by atoms with Gasteiger partial charge in [-0.25, -0.2) is 12.8 Å². The Morgan fingerprint density at radius 3 is 2.70 bits per heavy atom. The molecule has 2 aromatic carbocycles. The molecule has 0 spiro atoms. The SMILES string of the molecule is O=C(NCC1CCCO1)c1ccc(N2CCNCC2)c(NS(=O)(=O)c2ccc(F)c(Cl)c2)c1. The molecule has 33 heavy (non-hydrogen) atoms. The third kappa shape index (κ3) is 5.75. The third-order valence-electron chi connectivity index (χ3n) is 5.68. The molecule has 178 valence electrons. The van der Waals surface area contributed by atoms with Crippen molar-refractivity contribution in [2.75, 3.05) is 49.0 Å². The number of benzene rings is 2. The van der Waals surface area contributed by atoms with Crippen LogP contribution in [-0.4, -0.2) is 59.8 Å². The summed E-state index contributed by atoms with van der Waals surface area (Å²) in [4.78, 5) is 14.6. The standard InChI is InChI=1S/C22H26ClFN4O4S/c23-18-13-17(4-5-19(18)24)33(30,31)27-20-12-15(22(29)26-14-16-2-1-11-32-16)3-6-21(20)28-9-7-25-8-10-28/h3-6,12-13,16,25,27H,1-2,7-11,14H2,(H,26,29). The maximum absolute atomic E-state index is 13.5. The van der Waals surface area contributed by atoms with Gasteiger partial charge in [-0.05, 0) is 49.2 Å². The molecule has 2 aliphatic heterocycles. The van der Waals surface area contributed by atoms with Crippen LogP contribution in [0.5, 0.6) is 0 Å². The fraction of sp³-hybridized carbons (Fsp3) is 0.409. The van der Waals surface area contributed by atoms with E-state index in [-0.39, 0.29) is 27.6 Å². The smallest absolute Gasteiger partial charge is 0.262 e. The molecule has 1 unspecified atom stereocenters. The Kier molecular flexibility index (Phi) is 7.38. The molecule has 1 atom stereocenters. The number of nitrogens with zero attached hydrogens (tertiary/aromatic N) is 1. The first kappa shape index (κ1) is 23.7. The zero-order valence-electron chi connectivity index (χ0n) is 17.9. The van der Waals surface area contributed by atoms with Crippen LogP contribution in [0.3, 0.4) is 0 Å². The van der Waals surface area contributed by atoms with Crippen molar-refractivity contribution < 1.29 is 22.3 Å². The van der Waals surface area contributed by atoms with Crippen molar-refractivity contribution in [3.05, 3.63) is 52.8 Å². The van der Waals surface area contributed by atoms with Crippen molar-refractivity contribution in [3.8, 4) is 0 Å². The number of rotatable bonds is 7. The molecule has 1 amide bonds. The van der Waals surface area contributed by atoms with Gasteiger partial charge in [-0.2, -0.15) is 0 Å². The summed E-state index contributed by atoms with van der Waals surface area (Å²) < 4.78 is 47.7. The van der Waals surface area contributed by atoms with Gasteiger partial charge >= 0.3 is 0 Å². The van der Waals surface area contributed by atoms with Gasteiger partial charge < -0.3 is 20.3 Å². The van der Waals surface area contributed by atoms with Crippen LogP contribution >= 0.6 is 11.6 Å². The summed E-state index contributed by atoms with van der Waals surface area (Å²) in [5.74, 6) is -1.02. The van der Waals surface area contributed by atoms with Crippen LogP contribution in [0.2, 0.25) is 5.02 Å². The van der Waals surface area contributed by atoms with Gasteiger partial charge in [0.25, 0.3) is 15.9 Å². The highest BCUT2D eigenvalue weighted by Gasteiger charge is 2.23. The molecular weight excluding hydrogens is 471 g/mol. The van der Waals surface area contributed by atoms with Crippen molar-refractivity contribution >= 4 is 38.9 Å². The highest BCUT2D eigenvalue weighted by molar-refractivity contribution is 7.92. The van der Waals surface area contributed by atoms with E-state index >= 15 is 0 Å². The van der Waals surface area contributed by atoms with Crippen molar-refractivity contribution in [1.82, 2.24) is 10.6 Å². The zero-order chi connectivity index (χ0) is 23.4. The van der Waals surface area contributed by atoms with E-state index in [1.165, 1.54) is 6.07 Å². The molecule has 2 aliphatic rings. The Balaban J connectivity index is 1.61. The first-order chi connectivity index (χ1) is 15.8. The molecule has 2 aromatic rings. The molecule has 0 saturated carbocycles. The lowest BCUT2D eigenvalue weighted by Gasteiger charge is -2.31. The van der Waals surface area contributed by atoms with Gasteiger partial charge in [-0.3, -0.25) is 9.52 Å². The van der Waals surface area contributed by atoms with Crippen LogP contribution in [0, 0.1) is 5.82 Å². The second-order valence-electron chi connectivity index (χ2n) is 8.00. The summed E-state index contributed by atoms with van der Waals surface area (Å²) in [6.45, 7) is 3.96. The van der Waals surface area contributed by atoms with Crippen LogP contribution in [0.1, 0.15) is 23.2 Å². The predicted octanol–water partition coefficient (Wildman–Crippen LogP) is 2.60. The molecule has 2 saturated heterocycles. The molecule has 11 heteroatoms. The highest BCUT2D eigenvalue weighted by Crippen LogP contribution is 2.31. The molecular formula is C22H26ClFN4O4S. The highest BCUT2D eigenvalue weighted by atomic mass is 35.5. The summed E-state index contributed by atoms with van der Waals surface area (Å²) in [6.07, 6.45) is 1.86. The number of ether oxygens (including phenoxy) is 1. The largest absolute Gasteiger partial charge is 0.376 e. The molecule has 2 fully saturated rings. The minimum absolute atomic E-state index is 0.00438. The van der Waals surface area contributed by atoms with Gasteiger partial charge in [0.1, 0.15) is 5.82 Å². The van der Waals surface area contributed by atoms with Gasteiger partial charge in [0.15, 0.2) is 0 Å². The van der Waals surface area contributed by atoms with E-state index in [0.29, 0.717) is 37.5 Å². The van der Waals surface area contributed by atoms with E-state index < -0.39 is 15.8 Å². The maximum atomic E-state index is 13.5. The number of anilines is 2. The van der Waals surface area contributed by atoms with Gasteiger partial charge in [-0.15, -0.1) is 0 Å². The number of piperazine rings is 1. The Bertz CT molecular complexity index is 1120. The molecule has 0 aliphatic carbocycles.